The molecule has 0 aromatic heterocycles. The standard InChI is InChI=1S/C15H27NO3/c1-14(2)9-12(5-8-19-14)13(17)16-10-15(11-18-3)6-4-7-15/h12H,4-11H2,1-3H3,(H,16,17)/t12-/m1/s1. The van der Waals surface area contributed by atoms with Crippen molar-refractivity contribution >= 4 is 5.91 Å². The third-order valence-corrected chi connectivity index (χ3v) is 4.57. The van der Waals surface area contributed by atoms with Crippen LogP contribution in [0.4, 0.5) is 0 Å². The number of nitrogens with one attached hydrogen (secondary N) is 1. The number of carbonyl (C=O) groups excluding carboxylic acids is 1. The van der Waals surface area contributed by atoms with Crippen LogP contribution in [-0.4, -0.2) is 38.4 Å². The second-order valence-corrected chi connectivity index (χ2v) is 6.80. The van der Waals surface area contributed by atoms with Crippen LogP contribution in [-0.2, 0) is 14.3 Å². The van der Waals surface area contributed by atoms with Crippen LogP contribution in [0.3, 0.4) is 0 Å². The van der Waals surface area contributed by atoms with E-state index in [1.165, 1.54) is 19.3 Å². The molecular weight excluding hydrogens is 242 g/mol. The molecule has 0 aromatic rings. The molecule has 0 spiro atoms. The summed E-state index contributed by atoms with van der Waals surface area (Å²) in [6, 6.07) is 0. The maximum atomic E-state index is 12.3. The molecule has 1 amide bonds. The topological polar surface area (TPSA) is 47.6 Å². The number of carbonyl (C=O) groups is 1. The highest BCUT2D eigenvalue weighted by Gasteiger charge is 2.38. The van der Waals surface area contributed by atoms with Crippen molar-refractivity contribution in [3.8, 4) is 0 Å². The van der Waals surface area contributed by atoms with Gasteiger partial charge in [-0.25, -0.2) is 0 Å². The molecule has 110 valence electrons. The number of amides is 1. The molecule has 4 nitrogen and oxygen atoms in total. The smallest absolute Gasteiger partial charge is 0.223 e. The molecule has 1 atom stereocenters. The van der Waals surface area contributed by atoms with E-state index in [0.29, 0.717) is 6.61 Å². The molecule has 4 heteroatoms. The predicted octanol–water partition coefficient (Wildman–Crippen LogP) is 2.12. The maximum absolute atomic E-state index is 12.3. The van der Waals surface area contributed by atoms with E-state index < -0.39 is 0 Å². The van der Waals surface area contributed by atoms with E-state index in [1.54, 1.807) is 7.11 Å². The fourth-order valence-electron chi connectivity index (χ4n) is 3.23. The highest BCUT2D eigenvalue weighted by molar-refractivity contribution is 5.78. The average Bonchev–Trinajstić information content (AvgIpc) is 2.30. The number of rotatable bonds is 5. The van der Waals surface area contributed by atoms with Crippen molar-refractivity contribution < 1.29 is 14.3 Å². The van der Waals surface area contributed by atoms with Crippen molar-refractivity contribution in [1.29, 1.82) is 0 Å². The van der Waals surface area contributed by atoms with E-state index in [9.17, 15) is 4.79 Å². The Morgan fingerprint density at radius 1 is 1.42 bits per heavy atom. The average molecular weight is 269 g/mol. The summed E-state index contributed by atoms with van der Waals surface area (Å²) in [5, 5.41) is 3.14. The zero-order valence-corrected chi connectivity index (χ0v) is 12.5. The molecule has 1 aliphatic carbocycles. The molecule has 2 fully saturated rings. The minimum Gasteiger partial charge on any atom is -0.384 e. The Morgan fingerprint density at radius 2 is 2.16 bits per heavy atom. The van der Waals surface area contributed by atoms with Gasteiger partial charge in [0.05, 0.1) is 12.2 Å². The maximum Gasteiger partial charge on any atom is 0.223 e. The molecular formula is C15H27NO3. The SMILES string of the molecule is COCC1(CNC(=O)[C@@H]2CCOC(C)(C)C2)CCC1. The lowest BCUT2D eigenvalue weighted by atomic mass is 9.69. The summed E-state index contributed by atoms with van der Waals surface area (Å²) in [5.74, 6) is 0.294. The zero-order chi connectivity index (χ0) is 13.9. The van der Waals surface area contributed by atoms with E-state index >= 15 is 0 Å². The fraction of sp³-hybridized carbons (Fsp3) is 0.933. The lowest BCUT2D eigenvalue weighted by Gasteiger charge is -2.42. The van der Waals surface area contributed by atoms with Gasteiger partial charge in [-0.15, -0.1) is 0 Å². The first-order chi connectivity index (χ1) is 8.96. The minimum absolute atomic E-state index is 0.100. The molecule has 0 radical (unpaired) electrons. The first-order valence-corrected chi connectivity index (χ1v) is 7.37. The van der Waals surface area contributed by atoms with Gasteiger partial charge in [0.2, 0.25) is 5.91 Å². The lowest BCUT2D eigenvalue weighted by Crippen LogP contribution is -2.48. The Balaban J connectivity index is 1.80. The van der Waals surface area contributed by atoms with Gasteiger partial charge in [0.15, 0.2) is 0 Å². The van der Waals surface area contributed by atoms with Crippen molar-refractivity contribution in [3.63, 3.8) is 0 Å². The summed E-state index contributed by atoms with van der Waals surface area (Å²) >= 11 is 0. The molecule has 0 bridgehead atoms. The van der Waals surface area contributed by atoms with Gasteiger partial charge >= 0.3 is 0 Å². The Bertz CT molecular complexity index is 323. The summed E-state index contributed by atoms with van der Waals surface area (Å²) in [6.07, 6.45) is 5.24. The Labute approximate surface area is 116 Å². The van der Waals surface area contributed by atoms with Crippen LogP contribution in [0.1, 0.15) is 46.0 Å². The Hall–Kier alpha value is -0.610. The van der Waals surface area contributed by atoms with Gasteiger partial charge in [0.25, 0.3) is 0 Å². The van der Waals surface area contributed by atoms with Crippen LogP contribution in [0.15, 0.2) is 0 Å². The molecule has 2 aliphatic rings. The number of ether oxygens (including phenoxy) is 2. The quantitative estimate of drug-likeness (QED) is 0.831. The molecule has 1 saturated carbocycles. The van der Waals surface area contributed by atoms with E-state index in [2.05, 4.69) is 19.2 Å². The van der Waals surface area contributed by atoms with Gasteiger partial charge in [-0.2, -0.15) is 0 Å². The van der Waals surface area contributed by atoms with Crippen LogP contribution >= 0.6 is 0 Å². The van der Waals surface area contributed by atoms with Gasteiger partial charge in [0, 0.05) is 31.6 Å². The predicted molar refractivity (Wildman–Crippen MR) is 73.9 cm³/mol. The highest BCUT2D eigenvalue weighted by Crippen LogP contribution is 2.40. The summed E-state index contributed by atoms with van der Waals surface area (Å²) in [6.45, 7) is 6.33. The lowest BCUT2D eigenvalue weighted by molar-refractivity contribution is -0.136. The van der Waals surface area contributed by atoms with Crippen LogP contribution in [0.5, 0.6) is 0 Å². The van der Waals surface area contributed by atoms with Crippen molar-refractivity contribution in [3.05, 3.63) is 0 Å². The van der Waals surface area contributed by atoms with Crippen LogP contribution in [0.25, 0.3) is 0 Å². The van der Waals surface area contributed by atoms with Crippen molar-refractivity contribution in [2.45, 2.75) is 51.6 Å². The molecule has 0 unspecified atom stereocenters. The number of methoxy groups -OCH3 is 1. The van der Waals surface area contributed by atoms with Crippen LogP contribution < -0.4 is 5.32 Å². The second-order valence-electron chi connectivity index (χ2n) is 6.80. The monoisotopic (exact) mass is 269 g/mol. The van der Waals surface area contributed by atoms with Crippen molar-refractivity contribution in [2.24, 2.45) is 11.3 Å². The number of hydrogen-bond acceptors (Lipinski definition) is 3. The van der Waals surface area contributed by atoms with Gasteiger partial charge in [-0.1, -0.05) is 6.42 Å². The van der Waals surface area contributed by atoms with E-state index in [0.717, 1.165) is 26.0 Å². The molecule has 1 N–H and O–H groups in total. The normalized spacial score (nSPS) is 28.5. The van der Waals surface area contributed by atoms with Gasteiger partial charge in [-0.05, 0) is 39.5 Å². The summed E-state index contributed by atoms with van der Waals surface area (Å²) in [4.78, 5) is 12.3. The molecule has 2 rings (SSSR count). The summed E-state index contributed by atoms with van der Waals surface area (Å²) < 4.78 is 11.0. The van der Waals surface area contributed by atoms with Crippen molar-refractivity contribution in [1.82, 2.24) is 5.32 Å². The first-order valence-electron chi connectivity index (χ1n) is 7.37. The van der Waals surface area contributed by atoms with Gasteiger partial charge < -0.3 is 14.8 Å². The third kappa shape index (κ3) is 3.69. The Kier molecular flexibility index (Phi) is 4.51. The molecule has 1 saturated heterocycles. The molecule has 0 aromatic carbocycles. The molecule has 19 heavy (non-hydrogen) atoms. The van der Waals surface area contributed by atoms with Crippen LogP contribution in [0, 0.1) is 11.3 Å². The highest BCUT2D eigenvalue weighted by atomic mass is 16.5. The van der Waals surface area contributed by atoms with E-state index in [4.69, 9.17) is 9.47 Å². The second kappa shape index (κ2) is 5.80. The largest absolute Gasteiger partial charge is 0.384 e. The third-order valence-electron chi connectivity index (χ3n) is 4.57. The van der Waals surface area contributed by atoms with Crippen LogP contribution in [0.2, 0.25) is 0 Å². The molecule has 1 heterocycles. The summed E-state index contributed by atoms with van der Waals surface area (Å²) in [7, 11) is 1.74. The molecule has 1 aliphatic heterocycles. The fourth-order valence-corrected chi connectivity index (χ4v) is 3.23. The Morgan fingerprint density at radius 3 is 2.68 bits per heavy atom. The van der Waals surface area contributed by atoms with E-state index in [-0.39, 0.29) is 22.8 Å². The van der Waals surface area contributed by atoms with Crippen molar-refractivity contribution in [2.75, 3.05) is 26.9 Å². The summed E-state index contributed by atoms with van der Waals surface area (Å²) in [5.41, 5.74) is 0.0338. The van der Waals surface area contributed by atoms with E-state index in [1.807, 2.05) is 0 Å². The van der Waals surface area contributed by atoms with Gasteiger partial charge in [0.1, 0.15) is 0 Å². The zero-order valence-electron chi connectivity index (χ0n) is 12.5. The minimum atomic E-state index is -0.166. The van der Waals surface area contributed by atoms with Gasteiger partial charge in [-0.3, -0.25) is 4.79 Å². The first kappa shape index (κ1) is 14.8. The number of hydrogen-bond donors (Lipinski definition) is 1.